The zero-order valence-electron chi connectivity index (χ0n) is 12.0. The molecular formula is C16H24N2O. The smallest absolute Gasteiger partial charge is 0.251 e. The fourth-order valence-electron chi connectivity index (χ4n) is 2.41. The van der Waals surface area contributed by atoms with Gasteiger partial charge in [0, 0.05) is 12.1 Å². The minimum absolute atomic E-state index is 0.0754. The molecular weight excluding hydrogens is 236 g/mol. The highest BCUT2D eigenvalue weighted by Crippen LogP contribution is 2.47. The fourth-order valence-corrected chi connectivity index (χ4v) is 2.41. The summed E-state index contributed by atoms with van der Waals surface area (Å²) in [4.78, 5) is 12.3. The van der Waals surface area contributed by atoms with Crippen LogP contribution in [0.3, 0.4) is 0 Å². The van der Waals surface area contributed by atoms with Gasteiger partial charge < -0.3 is 10.6 Å². The van der Waals surface area contributed by atoms with Crippen LogP contribution in [0.2, 0.25) is 0 Å². The number of hydrogen-bond donors (Lipinski definition) is 2. The molecule has 1 fully saturated rings. The number of carbonyl (C=O) groups excluding carboxylic acids is 1. The van der Waals surface area contributed by atoms with E-state index in [1.54, 1.807) is 0 Å². The van der Waals surface area contributed by atoms with Crippen molar-refractivity contribution in [2.75, 3.05) is 20.1 Å². The van der Waals surface area contributed by atoms with Crippen LogP contribution in [0.25, 0.3) is 0 Å². The van der Waals surface area contributed by atoms with Gasteiger partial charge in [0.2, 0.25) is 0 Å². The Labute approximate surface area is 115 Å². The van der Waals surface area contributed by atoms with Crippen molar-refractivity contribution in [1.82, 2.24) is 10.6 Å². The monoisotopic (exact) mass is 260 g/mol. The first kappa shape index (κ1) is 14.1. The van der Waals surface area contributed by atoms with Crippen LogP contribution in [-0.2, 0) is 6.42 Å². The molecule has 0 aromatic heterocycles. The van der Waals surface area contributed by atoms with Gasteiger partial charge in [-0.2, -0.15) is 0 Å². The Kier molecular flexibility index (Phi) is 4.59. The summed E-state index contributed by atoms with van der Waals surface area (Å²) >= 11 is 0. The van der Waals surface area contributed by atoms with Crippen LogP contribution in [0.15, 0.2) is 24.3 Å². The van der Waals surface area contributed by atoms with Gasteiger partial charge in [-0.3, -0.25) is 4.79 Å². The number of amides is 1. The van der Waals surface area contributed by atoms with Crippen molar-refractivity contribution in [3.63, 3.8) is 0 Å². The normalized spacial score (nSPS) is 16.1. The highest BCUT2D eigenvalue weighted by molar-refractivity contribution is 5.95. The van der Waals surface area contributed by atoms with Crippen LogP contribution < -0.4 is 10.6 Å². The van der Waals surface area contributed by atoms with Gasteiger partial charge >= 0.3 is 0 Å². The van der Waals surface area contributed by atoms with Crippen molar-refractivity contribution in [3.05, 3.63) is 35.4 Å². The summed E-state index contributed by atoms with van der Waals surface area (Å²) in [6.45, 7) is 3.92. The first-order chi connectivity index (χ1) is 9.21. The van der Waals surface area contributed by atoms with E-state index >= 15 is 0 Å². The van der Waals surface area contributed by atoms with Crippen molar-refractivity contribution in [2.45, 2.75) is 32.6 Å². The van der Waals surface area contributed by atoms with Crippen molar-refractivity contribution in [1.29, 1.82) is 0 Å². The molecule has 3 nitrogen and oxygen atoms in total. The molecule has 2 rings (SSSR count). The Morgan fingerprint density at radius 1 is 1.32 bits per heavy atom. The standard InChI is InChI=1S/C16H24N2O/c1-3-16(9-10-16)12-18-15(19)14-7-5-4-6-13(14)8-11-17-2/h4-7,17H,3,8-12H2,1-2H3,(H,18,19). The summed E-state index contributed by atoms with van der Waals surface area (Å²) in [5.41, 5.74) is 2.34. The molecule has 0 radical (unpaired) electrons. The number of rotatable bonds is 7. The topological polar surface area (TPSA) is 41.1 Å². The van der Waals surface area contributed by atoms with E-state index in [0.29, 0.717) is 5.41 Å². The van der Waals surface area contributed by atoms with Gasteiger partial charge in [-0.05, 0) is 56.3 Å². The Hall–Kier alpha value is -1.35. The summed E-state index contributed by atoms with van der Waals surface area (Å²) in [6.07, 6.45) is 4.56. The quantitative estimate of drug-likeness (QED) is 0.790. The third-order valence-corrected chi connectivity index (χ3v) is 4.24. The second-order valence-electron chi connectivity index (χ2n) is 5.55. The van der Waals surface area contributed by atoms with Crippen molar-refractivity contribution >= 4 is 5.91 Å². The zero-order chi connectivity index (χ0) is 13.7. The molecule has 0 atom stereocenters. The number of likely N-dealkylation sites (N-methyl/N-ethyl adjacent to an activating group) is 1. The van der Waals surface area contributed by atoms with Crippen LogP contribution in [0.5, 0.6) is 0 Å². The molecule has 0 bridgehead atoms. The van der Waals surface area contributed by atoms with Crippen molar-refractivity contribution < 1.29 is 4.79 Å². The predicted molar refractivity (Wildman–Crippen MR) is 78.4 cm³/mol. The molecule has 3 heteroatoms. The molecule has 104 valence electrons. The van der Waals surface area contributed by atoms with E-state index in [2.05, 4.69) is 17.6 Å². The molecule has 0 unspecified atom stereocenters. The second kappa shape index (κ2) is 6.20. The maximum atomic E-state index is 12.3. The highest BCUT2D eigenvalue weighted by Gasteiger charge is 2.40. The molecule has 2 N–H and O–H groups in total. The van der Waals surface area contributed by atoms with Gasteiger partial charge in [-0.1, -0.05) is 25.1 Å². The summed E-state index contributed by atoms with van der Waals surface area (Å²) in [5, 5.41) is 6.24. The lowest BCUT2D eigenvalue weighted by Gasteiger charge is -2.15. The minimum atomic E-state index is 0.0754. The third kappa shape index (κ3) is 3.57. The van der Waals surface area contributed by atoms with E-state index in [-0.39, 0.29) is 5.91 Å². The fraction of sp³-hybridized carbons (Fsp3) is 0.562. The molecule has 0 spiro atoms. The van der Waals surface area contributed by atoms with Crippen LogP contribution in [0.4, 0.5) is 0 Å². The van der Waals surface area contributed by atoms with Crippen molar-refractivity contribution in [3.8, 4) is 0 Å². The lowest BCUT2D eigenvalue weighted by Crippen LogP contribution is -2.30. The molecule has 1 aliphatic rings. The lowest BCUT2D eigenvalue weighted by atomic mass is 10.0. The van der Waals surface area contributed by atoms with Crippen LogP contribution in [0.1, 0.15) is 42.1 Å². The Morgan fingerprint density at radius 2 is 2.05 bits per heavy atom. The molecule has 1 aromatic carbocycles. The number of hydrogen-bond acceptors (Lipinski definition) is 2. The lowest BCUT2D eigenvalue weighted by molar-refractivity contribution is 0.0943. The van der Waals surface area contributed by atoms with E-state index in [0.717, 1.165) is 37.1 Å². The summed E-state index contributed by atoms with van der Waals surface area (Å²) < 4.78 is 0. The Morgan fingerprint density at radius 3 is 2.68 bits per heavy atom. The maximum absolute atomic E-state index is 12.3. The minimum Gasteiger partial charge on any atom is -0.351 e. The number of benzene rings is 1. The number of nitrogens with one attached hydrogen (secondary N) is 2. The average molecular weight is 260 g/mol. The van der Waals surface area contributed by atoms with Gasteiger partial charge in [-0.25, -0.2) is 0 Å². The van der Waals surface area contributed by atoms with Gasteiger partial charge in [0.05, 0.1) is 0 Å². The summed E-state index contributed by atoms with van der Waals surface area (Å²) in [5.74, 6) is 0.0754. The first-order valence-corrected chi connectivity index (χ1v) is 7.21. The van der Waals surface area contributed by atoms with Gasteiger partial charge in [0.15, 0.2) is 0 Å². The molecule has 1 saturated carbocycles. The Bertz CT molecular complexity index is 438. The van der Waals surface area contributed by atoms with E-state index in [4.69, 9.17) is 0 Å². The Balaban J connectivity index is 1.98. The van der Waals surface area contributed by atoms with Crippen molar-refractivity contribution in [2.24, 2.45) is 5.41 Å². The molecule has 19 heavy (non-hydrogen) atoms. The molecule has 1 amide bonds. The molecule has 1 aromatic rings. The predicted octanol–water partition coefficient (Wildman–Crippen LogP) is 2.37. The SMILES string of the molecule is CCC1(CNC(=O)c2ccccc2CCNC)CC1. The van der Waals surface area contributed by atoms with E-state index < -0.39 is 0 Å². The molecule has 0 saturated heterocycles. The average Bonchev–Trinajstić information content (AvgIpc) is 3.23. The molecule has 0 aliphatic heterocycles. The largest absolute Gasteiger partial charge is 0.351 e. The first-order valence-electron chi connectivity index (χ1n) is 7.21. The number of carbonyl (C=O) groups is 1. The molecule has 1 aliphatic carbocycles. The van der Waals surface area contributed by atoms with E-state index in [1.807, 2.05) is 31.3 Å². The van der Waals surface area contributed by atoms with E-state index in [9.17, 15) is 4.79 Å². The van der Waals surface area contributed by atoms with Crippen LogP contribution in [0, 0.1) is 5.41 Å². The van der Waals surface area contributed by atoms with Gasteiger partial charge in [0.1, 0.15) is 0 Å². The summed E-state index contributed by atoms with van der Waals surface area (Å²) in [6, 6.07) is 7.89. The second-order valence-corrected chi connectivity index (χ2v) is 5.55. The zero-order valence-corrected chi connectivity index (χ0v) is 12.0. The van der Waals surface area contributed by atoms with Gasteiger partial charge in [0.25, 0.3) is 5.91 Å². The summed E-state index contributed by atoms with van der Waals surface area (Å²) in [7, 11) is 1.93. The third-order valence-electron chi connectivity index (χ3n) is 4.24. The van der Waals surface area contributed by atoms with E-state index in [1.165, 1.54) is 12.8 Å². The van der Waals surface area contributed by atoms with Crippen LogP contribution >= 0.6 is 0 Å². The molecule has 0 heterocycles. The highest BCUT2D eigenvalue weighted by atomic mass is 16.1. The van der Waals surface area contributed by atoms with Crippen LogP contribution in [-0.4, -0.2) is 26.0 Å². The van der Waals surface area contributed by atoms with Gasteiger partial charge in [-0.15, -0.1) is 0 Å². The maximum Gasteiger partial charge on any atom is 0.251 e.